The van der Waals surface area contributed by atoms with E-state index in [1.165, 1.54) is 0 Å². The molecule has 0 aromatic heterocycles. The molecule has 0 bridgehead atoms. The summed E-state index contributed by atoms with van der Waals surface area (Å²) in [5.41, 5.74) is 0. The number of hydrogen-bond acceptors (Lipinski definition) is 1. The fourth-order valence-electron chi connectivity index (χ4n) is 0.690. The molecule has 1 N–H and O–H groups in total. The SMILES string of the molecule is CCCCC(=O)NCCC.Cl. The lowest BCUT2D eigenvalue weighted by atomic mass is 10.2. The molecule has 0 aromatic rings. The van der Waals surface area contributed by atoms with Crippen LogP contribution in [0.25, 0.3) is 0 Å². The lowest BCUT2D eigenvalue weighted by Gasteiger charge is -2.00. The van der Waals surface area contributed by atoms with E-state index in [1.54, 1.807) is 0 Å². The first-order valence-corrected chi connectivity index (χ1v) is 4.08. The van der Waals surface area contributed by atoms with Gasteiger partial charge in [0.25, 0.3) is 0 Å². The quantitative estimate of drug-likeness (QED) is 0.689. The highest BCUT2D eigenvalue weighted by Crippen LogP contribution is 1.92. The summed E-state index contributed by atoms with van der Waals surface area (Å²) in [5.74, 6) is 0.198. The summed E-state index contributed by atoms with van der Waals surface area (Å²) in [4.78, 5) is 10.8. The van der Waals surface area contributed by atoms with Crippen molar-refractivity contribution in [1.29, 1.82) is 0 Å². The Morgan fingerprint density at radius 3 is 2.36 bits per heavy atom. The predicted molar refractivity (Wildman–Crippen MR) is 50.1 cm³/mol. The molecular formula is C8H18ClNO. The minimum atomic E-state index is 0. The van der Waals surface area contributed by atoms with Crippen molar-refractivity contribution in [2.75, 3.05) is 6.54 Å². The summed E-state index contributed by atoms with van der Waals surface area (Å²) in [5, 5.41) is 2.83. The Labute approximate surface area is 75.2 Å². The molecule has 0 saturated carbocycles. The van der Waals surface area contributed by atoms with Crippen LogP contribution in [0.2, 0.25) is 0 Å². The first kappa shape index (κ1) is 13.4. The third-order valence-corrected chi connectivity index (χ3v) is 1.33. The van der Waals surface area contributed by atoms with Gasteiger partial charge < -0.3 is 5.32 Å². The van der Waals surface area contributed by atoms with E-state index in [0.717, 1.165) is 25.8 Å². The summed E-state index contributed by atoms with van der Waals surface area (Å²) in [6.45, 7) is 4.97. The van der Waals surface area contributed by atoms with Crippen LogP contribution in [-0.4, -0.2) is 12.5 Å². The molecule has 11 heavy (non-hydrogen) atoms. The Morgan fingerprint density at radius 1 is 1.27 bits per heavy atom. The van der Waals surface area contributed by atoms with Gasteiger partial charge in [0.15, 0.2) is 0 Å². The van der Waals surface area contributed by atoms with Crippen molar-refractivity contribution >= 4 is 18.3 Å². The van der Waals surface area contributed by atoms with Crippen molar-refractivity contribution < 1.29 is 4.79 Å². The fourth-order valence-corrected chi connectivity index (χ4v) is 0.690. The van der Waals surface area contributed by atoms with Crippen LogP contribution in [0.3, 0.4) is 0 Å². The van der Waals surface area contributed by atoms with Crippen molar-refractivity contribution in [3.63, 3.8) is 0 Å². The monoisotopic (exact) mass is 179 g/mol. The number of hydrogen-bond donors (Lipinski definition) is 1. The lowest BCUT2D eigenvalue weighted by Crippen LogP contribution is -2.23. The van der Waals surface area contributed by atoms with Gasteiger partial charge in [-0.1, -0.05) is 20.3 Å². The fraction of sp³-hybridized carbons (Fsp3) is 0.875. The van der Waals surface area contributed by atoms with Crippen LogP contribution in [0.15, 0.2) is 0 Å². The highest BCUT2D eigenvalue weighted by Gasteiger charge is 1.96. The Balaban J connectivity index is 0. The standard InChI is InChI=1S/C8H17NO.ClH/c1-3-5-6-8(10)9-7-4-2;/h3-7H2,1-2H3,(H,9,10);1H. The normalized spacial score (nSPS) is 8.55. The van der Waals surface area contributed by atoms with E-state index in [0.29, 0.717) is 6.42 Å². The van der Waals surface area contributed by atoms with Gasteiger partial charge >= 0.3 is 0 Å². The maximum Gasteiger partial charge on any atom is 0.219 e. The molecule has 0 rings (SSSR count). The van der Waals surface area contributed by atoms with Crippen molar-refractivity contribution in [2.45, 2.75) is 39.5 Å². The molecule has 0 fully saturated rings. The average Bonchev–Trinajstić information content (AvgIpc) is 1.97. The van der Waals surface area contributed by atoms with Gasteiger partial charge in [0, 0.05) is 13.0 Å². The second-order valence-corrected chi connectivity index (χ2v) is 2.45. The maximum atomic E-state index is 10.8. The summed E-state index contributed by atoms with van der Waals surface area (Å²) < 4.78 is 0. The van der Waals surface area contributed by atoms with Gasteiger partial charge in [-0.2, -0.15) is 0 Å². The Bertz CT molecular complexity index is 86.1. The van der Waals surface area contributed by atoms with Gasteiger partial charge in [0.1, 0.15) is 0 Å². The molecule has 0 aliphatic carbocycles. The van der Waals surface area contributed by atoms with Crippen LogP contribution in [-0.2, 0) is 4.79 Å². The second-order valence-electron chi connectivity index (χ2n) is 2.45. The third-order valence-electron chi connectivity index (χ3n) is 1.33. The molecule has 0 unspecified atom stereocenters. The van der Waals surface area contributed by atoms with Crippen molar-refractivity contribution in [3.8, 4) is 0 Å². The maximum absolute atomic E-state index is 10.8. The Morgan fingerprint density at radius 2 is 1.91 bits per heavy atom. The van der Waals surface area contributed by atoms with Crippen molar-refractivity contribution in [1.82, 2.24) is 5.32 Å². The van der Waals surface area contributed by atoms with E-state index in [4.69, 9.17) is 0 Å². The molecule has 2 nitrogen and oxygen atoms in total. The summed E-state index contributed by atoms with van der Waals surface area (Å²) in [6.07, 6.45) is 3.82. The highest BCUT2D eigenvalue weighted by atomic mass is 35.5. The molecule has 1 amide bonds. The molecule has 3 heteroatoms. The highest BCUT2D eigenvalue weighted by molar-refractivity contribution is 5.85. The van der Waals surface area contributed by atoms with Crippen LogP contribution < -0.4 is 5.32 Å². The van der Waals surface area contributed by atoms with Crippen LogP contribution in [0.1, 0.15) is 39.5 Å². The summed E-state index contributed by atoms with van der Waals surface area (Å²) >= 11 is 0. The number of unbranched alkanes of at least 4 members (excludes halogenated alkanes) is 1. The Hall–Kier alpha value is -0.240. The number of carbonyl (C=O) groups is 1. The van der Waals surface area contributed by atoms with Gasteiger partial charge in [0.05, 0.1) is 0 Å². The van der Waals surface area contributed by atoms with E-state index in [9.17, 15) is 4.79 Å². The number of halogens is 1. The van der Waals surface area contributed by atoms with Crippen molar-refractivity contribution in [3.05, 3.63) is 0 Å². The molecule has 68 valence electrons. The first-order chi connectivity index (χ1) is 4.81. The second kappa shape index (κ2) is 9.76. The van der Waals surface area contributed by atoms with Gasteiger partial charge in [-0.25, -0.2) is 0 Å². The first-order valence-electron chi connectivity index (χ1n) is 4.08. The third kappa shape index (κ3) is 9.76. The van der Waals surface area contributed by atoms with E-state index < -0.39 is 0 Å². The molecule has 0 aromatic carbocycles. The molecule has 0 heterocycles. The van der Waals surface area contributed by atoms with Crippen molar-refractivity contribution in [2.24, 2.45) is 0 Å². The van der Waals surface area contributed by atoms with E-state index in [2.05, 4.69) is 19.2 Å². The minimum absolute atomic E-state index is 0. The molecule has 0 atom stereocenters. The van der Waals surface area contributed by atoms with Gasteiger partial charge in [-0.15, -0.1) is 12.4 Å². The number of carbonyl (C=O) groups excluding carboxylic acids is 1. The van der Waals surface area contributed by atoms with Crippen LogP contribution in [0.4, 0.5) is 0 Å². The Kier molecular flexibility index (Phi) is 11.9. The average molecular weight is 180 g/mol. The smallest absolute Gasteiger partial charge is 0.219 e. The summed E-state index contributed by atoms with van der Waals surface area (Å²) in [7, 11) is 0. The molecule has 0 radical (unpaired) electrons. The zero-order chi connectivity index (χ0) is 7.82. The summed E-state index contributed by atoms with van der Waals surface area (Å²) in [6, 6.07) is 0. The zero-order valence-electron chi connectivity index (χ0n) is 7.35. The topological polar surface area (TPSA) is 29.1 Å². The van der Waals surface area contributed by atoms with Gasteiger partial charge in [-0.05, 0) is 12.8 Å². The van der Waals surface area contributed by atoms with Crippen LogP contribution in [0, 0.1) is 0 Å². The number of amides is 1. The zero-order valence-corrected chi connectivity index (χ0v) is 8.17. The van der Waals surface area contributed by atoms with Crippen LogP contribution >= 0.6 is 12.4 Å². The molecule has 0 aliphatic heterocycles. The van der Waals surface area contributed by atoms with Gasteiger partial charge in [-0.3, -0.25) is 4.79 Å². The molecule has 0 spiro atoms. The molecular weight excluding hydrogens is 162 g/mol. The molecule has 0 saturated heterocycles. The van der Waals surface area contributed by atoms with E-state index >= 15 is 0 Å². The van der Waals surface area contributed by atoms with Crippen LogP contribution in [0.5, 0.6) is 0 Å². The number of rotatable bonds is 5. The number of nitrogens with one attached hydrogen (secondary N) is 1. The minimum Gasteiger partial charge on any atom is -0.356 e. The van der Waals surface area contributed by atoms with E-state index in [1.807, 2.05) is 0 Å². The van der Waals surface area contributed by atoms with E-state index in [-0.39, 0.29) is 18.3 Å². The lowest BCUT2D eigenvalue weighted by molar-refractivity contribution is -0.121. The largest absolute Gasteiger partial charge is 0.356 e. The predicted octanol–water partition coefficient (Wildman–Crippen LogP) is 2.12. The molecule has 0 aliphatic rings. The van der Waals surface area contributed by atoms with Gasteiger partial charge in [0.2, 0.25) is 5.91 Å².